The number of benzene rings is 2. The third kappa shape index (κ3) is 3.29. The maximum Gasteiger partial charge on any atom is 0.255 e. The second-order valence-electron chi connectivity index (χ2n) is 8.16. The molecule has 8 heteroatoms. The number of aryl methyl sites for hydroxylation is 1. The molecule has 0 bridgehead atoms. The number of fused-ring (bicyclic) bond motifs is 1. The molecule has 5 rings (SSSR count). The van der Waals surface area contributed by atoms with E-state index in [1.54, 1.807) is 21.8 Å². The fraction of sp³-hybridized carbons (Fsp3) is 0.250. The summed E-state index contributed by atoms with van der Waals surface area (Å²) >= 11 is 0. The number of hydrogen-bond donors (Lipinski definition) is 2. The van der Waals surface area contributed by atoms with E-state index < -0.39 is 11.9 Å². The van der Waals surface area contributed by atoms with Crippen LogP contribution in [-0.2, 0) is 29.8 Å². The molecule has 3 aromatic rings. The maximum atomic E-state index is 12.9. The number of imide groups is 1. The first-order valence-electron chi connectivity index (χ1n) is 10.5. The van der Waals surface area contributed by atoms with Gasteiger partial charge in [-0.3, -0.25) is 24.4 Å². The van der Waals surface area contributed by atoms with Crippen LogP contribution in [0.15, 0.2) is 48.7 Å². The Morgan fingerprint density at radius 2 is 1.81 bits per heavy atom. The molecule has 3 heterocycles. The van der Waals surface area contributed by atoms with Gasteiger partial charge < -0.3 is 10.0 Å². The second-order valence-corrected chi connectivity index (χ2v) is 8.16. The first kappa shape index (κ1) is 20.1. The third-order valence-electron chi connectivity index (χ3n) is 6.18. The molecular formula is C24H22N4O4. The average Bonchev–Trinajstić information content (AvgIpc) is 3.33. The lowest BCUT2D eigenvalue weighted by atomic mass is 9.97. The molecule has 8 nitrogen and oxygen atoms in total. The van der Waals surface area contributed by atoms with E-state index in [-0.39, 0.29) is 24.8 Å². The summed E-state index contributed by atoms with van der Waals surface area (Å²) in [6, 6.07) is 12.7. The van der Waals surface area contributed by atoms with Crippen LogP contribution < -0.4 is 5.32 Å². The number of amides is 3. The zero-order chi connectivity index (χ0) is 22.4. The van der Waals surface area contributed by atoms with E-state index in [4.69, 9.17) is 0 Å². The van der Waals surface area contributed by atoms with Gasteiger partial charge in [0.05, 0.1) is 18.5 Å². The number of hydrogen-bond acceptors (Lipinski definition) is 5. The summed E-state index contributed by atoms with van der Waals surface area (Å²) < 4.78 is 1.80. The first-order valence-corrected chi connectivity index (χ1v) is 10.5. The summed E-state index contributed by atoms with van der Waals surface area (Å²) in [7, 11) is 1.88. The number of carbonyl (C=O) groups is 3. The summed E-state index contributed by atoms with van der Waals surface area (Å²) in [5, 5.41) is 16.1. The van der Waals surface area contributed by atoms with Crippen LogP contribution in [0.25, 0.3) is 22.4 Å². The van der Waals surface area contributed by atoms with Crippen molar-refractivity contribution in [3.05, 3.63) is 65.4 Å². The van der Waals surface area contributed by atoms with Crippen molar-refractivity contribution in [2.45, 2.75) is 32.0 Å². The van der Waals surface area contributed by atoms with E-state index in [2.05, 4.69) is 10.4 Å². The fourth-order valence-corrected chi connectivity index (χ4v) is 4.50. The zero-order valence-corrected chi connectivity index (χ0v) is 17.5. The number of rotatable bonds is 4. The summed E-state index contributed by atoms with van der Waals surface area (Å²) in [4.78, 5) is 38.2. The Balaban J connectivity index is 1.47. The van der Waals surface area contributed by atoms with E-state index in [1.807, 2.05) is 43.4 Å². The summed E-state index contributed by atoms with van der Waals surface area (Å²) in [6.45, 7) is 0.316. The highest BCUT2D eigenvalue weighted by Gasteiger charge is 2.39. The fourth-order valence-electron chi connectivity index (χ4n) is 4.50. The van der Waals surface area contributed by atoms with Gasteiger partial charge >= 0.3 is 0 Å². The molecule has 0 radical (unpaired) electrons. The van der Waals surface area contributed by atoms with Crippen molar-refractivity contribution in [3.8, 4) is 22.4 Å². The van der Waals surface area contributed by atoms with Gasteiger partial charge in [-0.2, -0.15) is 5.10 Å². The second kappa shape index (κ2) is 7.72. The first-order chi connectivity index (χ1) is 15.5. The summed E-state index contributed by atoms with van der Waals surface area (Å²) in [5.41, 5.74) is 6.02. The third-order valence-corrected chi connectivity index (χ3v) is 6.18. The quantitative estimate of drug-likeness (QED) is 0.616. The smallest absolute Gasteiger partial charge is 0.255 e. The van der Waals surface area contributed by atoms with Gasteiger partial charge in [-0.25, -0.2) is 0 Å². The van der Waals surface area contributed by atoms with Crippen LogP contribution in [-0.4, -0.2) is 43.6 Å². The molecule has 1 aromatic heterocycles. The summed E-state index contributed by atoms with van der Waals surface area (Å²) in [5.74, 6) is -0.899. The molecule has 0 aliphatic carbocycles. The molecule has 0 spiro atoms. The van der Waals surface area contributed by atoms with Crippen molar-refractivity contribution in [2.75, 3.05) is 0 Å². The molecule has 3 amide bonds. The largest absolute Gasteiger partial charge is 0.392 e. The maximum absolute atomic E-state index is 12.9. The van der Waals surface area contributed by atoms with Gasteiger partial charge in [-0.1, -0.05) is 30.3 Å². The van der Waals surface area contributed by atoms with Gasteiger partial charge in [-0.15, -0.1) is 0 Å². The van der Waals surface area contributed by atoms with Crippen LogP contribution in [0.5, 0.6) is 0 Å². The molecule has 0 saturated carbocycles. The SMILES string of the molecule is Cn1ncc(-c2ccc3c(c2)CN(C2CCC(=O)NC2=O)C3=O)c1-c1ccc(CO)cc1. The number of nitrogens with one attached hydrogen (secondary N) is 1. The van der Waals surface area contributed by atoms with Crippen molar-refractivity contribution < 1.29 is 19.5 Å². The molecule has 2 aliphatic rings. The highest BCUT2D eigenvalue weighted by Crippen LogP contribution is 2.35. The zero-order valence-electron chi connectivity index (χ0n) is 17.5. The molecule has 1 atom stereocenters. The minimum absolute atomic E-state index is 0.0128. The van der Waals surface area contributed by atoms with E-state index in [9.17, 15) is 19.5 Å². The van der Waals surface area contributed by atoms with Crippen LogP contribution in [0, 0.1) is 0 Å². The predicted molar refractivity (Wildman–Crippen MR) is 116 cm³/mol. The minimum atomic E-state index is -0.630. The van der Waals surface area contributed by atoms with Gasteiger partial charge in [-0.05, 0) is 35.2 Å². The number of aromatic nitrogens is 2. The average molecular weight is 430 g/mol. The van der Waals surface area contributed by atoms with Crippen molar-refractivity contribution in [2.24, 2.45) is 7.05 Å². The van der Waals surface area contributed by atoms with Crippen LogP contribution in [0.3, 0.4) is 0 Å². The standard InChI is InChI=1S/C24H22N4O4/c1-27-22(15-4-2-14(13-29)3-5-15)19(11-25-27)16-6-7-18-17(10-16)12-28(24(18)32)20-8-9-21(30)26-23(20)31/h2-7,10-11,20,29H,8-9,12-13H2,1H3,(H,26,30,31). The lowest BCUT2D eigenvalue weighted by molar-refractivity contribution is -0.136. The van der Waals surface area contributed by atoms with Gasteiger partial charge in [0, 0.05) is 36.7 Å². The Morgan fingerprint density at radius 1 is 1.06 bits per heavy atom. The lowest BCUT2D eigenvalue weighted by Gasteiger charge is -2.29. The van der Waals surface area contributed by atoms with Crippen LogP contribution >= 0.6 is 0 Å². The number of carbonyl (C=O) groups excluding carboxylic acids is 3. The normalized spacial score (nSPS) is 18.1. The van der Waals surface area contributed by atoms with Crippen LogP contribution in [0.1, 0.15) is 34.3 Å². The molecule has 32 heavy (non-hydrogen) atoms. The van der Waals surface area contributed by atoms with Crippen LogP contribution in [0.4, 0.5) is 0 Å². The predicted octanol–water partition coefficient (Wildman–Crippen LogP) is 2.01. The Bertz CT molecular complexity index is 1250. The number of nitrogens with zero attached hydrogens (tertiary/aromatic N) is 3. The highest BCUT2D eigenvalue weighted by atomic mass is 16.3. The van der Waals surface area contributed by atoms with Gasteiger partial charge in [0.15, 0.2) is 0 Å². The van der Waals surface area contributed by atoms with E-state index >= 15 is 0 Å². The molecule has 1 fully saturated rings. The molecule has 2 N–H and O–H groups in total. The van der Waals surface area contributed by atoms with Crippen molar-refractivity contribution in [1.82, 2.24) is 20.0 Å². The lowest BCUT2D eigenvalue weighted by Crippen LogP contribution is -2.52. The molecule has 2 aromatic carbocycles. The monoisotopic (exact) mass is 430 g/mol. The number of aliphatic hydroxyl groups excluding tert-OH is 1. The van der Waals surface area contributed by atoms with E-state index in [0.29, 0.717) is 18.5 Å². The molecular weight excluding hydrogens is 408 g/mol. The van der Waals surface area contributed by atoms with Gasteiger partial charge in [0.2, 0.25) is 11.8 Å². The van der Waals surface area contributed by atoms with E-state index in [1.165, 1.54) is 0 Å². The van der Waals surface area contributed by atoms with Gasteiger partial charge in [0.1, 0.15) is 6.04 Å². The van der Waals surface area contributed by atoms with Crippen molar-refractivity contribution in [1.29, 1.82) is 0 Å². The molecule has 1 saturated heterocycles. The Labute approximate surface area is 184 Å². The van der Waals surface area contributed by atoms with Crippen molar-refractivity contribution in [3.63, 3.8) is 0 Å². The van der Waals surface area contributed by atoms with Crippen LogP contribution in [0.2, 0.25) is 0 Å². The molecule has 162 valence electrons. The number of aliphatic hydroxyl groups is 1. The van der Waals surface area contributed by atoms with Gasteiger partial charge in [0.25, 0.3) is 5.91 Å². The summed E-state index contributed by atoms with van der Waals surface area (Å²) in [6.07, 6.45) is 2.37. The number of piperidine rings is 1. The topological polar surface area (TPSA) is 105 Å². The Kier molecular flexibility index (Phi) is 4.86. The molecule has 2 aliphatic heterocycles. The van der Waals surface area contributed by atoms with E-state index in [0.717, 1.165) is 33.5 Å². The van der Waals surface area contributed by atoms with Crippen molar-refractivity contribution >= 4 is 17.7 Å². The minimum Gasteiger partial charge on any atom is -0.392 e. The highest BCUT2D eigenvalue weighted by molar-refractivity contribution is 6.05. The molecule has 1 unspecified atom stereocenters. The Hall–Kier alpha value is -3.78. The Morgan fingerprint density at radius 3 is 2.53 bits per heavy atom.